The summed E-state index contributed by atoms with van der Waals surface area (Å²) in [4.78, 5) is 18.1. The molecule has 4 heterocycles. The third-order valence-corrected chi connectivity index (χ3v) is 8.19. The molecule has 0 radical (unpaired) electrons. The van der Waals surface area contributed by atoms with Crippen LogP contribution < -0.4 is 9.80 Å². The van der Waals surface area contributed by atoms with Crippen LogP contribution in [0.1, 0.15) is 35.9 Å². The monoisotopic (exact) mass is 445 g/mol. The number of allylic oxidation sites excluding steroid dienone is 1. The van der Waals surface area contributed by atoms with Crippen molar-refractivity contribution in [1.29, 1.82) is 0 Å². The SMILES string of the molecule is C[C@@H]1Cc2ncnc(N3CC[C@@H](S(C)(=O)=O)C3)c2CN1c1cc(Cl)nc2c1C=CC2. The summed E-state index contributed by atoms with van der Waals surface area (Å²) in [5.74, 6) is 0.857. The maximum absolute atomic E-state index is 12.0. The van der Waals surface area contributed by atoms with E-state index in [9.17, 15) is 8.42 Å². The highest BCUT2D eigenvalue weighted by Gasteiger charge is 2.35. The quantitative estimate of drug-likeness (QED) is 0.672. The van der Waals surface area contributed by atoms with E-state index in [-0.39, 0.29) is 11.3 Å². The lowest BCUT2D eigenvalue weighted by molar-refractivity contribution is 0.576. The molecule has 2 aromatic rings. The Morgan fingerprint density at radius 1 is 1.23 bits per heavy atom. The predicted octanol–water partition coefficient (Wildman–Crippen LogP) is 2.67. The number of aromatic nitrogens is 3. The molecular weight excluding hydrogens is 422 g/mol. The van der Waals surface area contributed by atoms with Gasteiger partial charge in [-0.2, -0.15) is 0 Å². The van der Waals surface area contributed by atoms with Crippen LogP contribution in [0.2, 0.25) is 5.15 Å². The molecule has 0 unspecified atom stereocenters. The van der Waals surface area contributed by atoms with E-state index >= 15 is 0 Å². The van der Waals surface area contributed by atoms with E-state index in [1.165, 1.54) is 6.26 Å². The van der Waals surface area contributed by atoms with Gasteiger partial charge in [-0.1, -0.05) is 23.8 Å². The summed E-state index contributed by atoms with van der Waals surface area (Å²) in [5, 5.41) is 0.166. The zero-order valence-corrected chi connectivity index (χ0v) is 18.6. The average molecular weight is 446 g/mol. The zero-order valence-electron chi connectivity index (χ0n) is 17.0. The average Bonchev–Trinajstić information content (AvgIpc) is 3.35. The minimum atomic E-state index is -3.06. The van der Waals surface area contributed by atoms with Crippen molar-refractivity contribution in [2.24, 2.45) is 0 Å². The molecule has 2 aliphatic heterocycles. The molecule has 0 amide bonds. The van der Waals surface area contributed by atoms with Crippen LogP contribution in [0.15, 0.2) is 18.5 Å². The molecule has 0 N–H and O–H groups in total. The molecule has 158 valence electrons. The molecule has 0 spiro atoms. The van der Waals surface area contributed by atoms with Gasteiger partial charge in [0.15, 0.2) is 9.84 Å². The van der Waals surface area contributed by atoms with Crippen molar-refractivity contribution >= 4 is 39.0 Å². The van der Waals surface area contributed by atoms with Crippen molar-refractivity contribution in [1.82, 2.24) is 15.0 Å². The van der Waals surface area contributed by atoms with Crippen molar-refractivity contribution in [3.63, 3.8) is 0 Å². The first-order chi connectivity index (χ1) is 14.3. The van der Waals surface area contributed by atoms with Crippen LogP contribution >= 0.6 is 11.6 Å². The number of sulfone groups is 1. The highest BCUT2D eigenvalue weighted by atomic mass is 35.5. The van der Waals surface area contributed by atoms with Crippen LogP contribution in [-0.4, -0.2) is 54.0 Å². The minimum Gasteiger partial charge on any atom is -0.363 e. The van der Waals surface area contributed by atoms with Crippen molar-refractivity contribution in [3.05, 3.63) is 46.1 Å². The Kier molecular flexibility index (Phi) is 4.74. The molecule has 0 saturated carbocycles. The summed E-state index contributed by atoms with van der Waals surface area (Å²) in [6, 6.07) is 2.19. The molecule has 1 fully saturated rings. The Morgan fingerprint density at radius 3 is 2.83 bits per heavy atom. The topological polar surface area (TPSA) is 79.3 Å². The Bertz CT molecular complexity index is 1150. The standard InChI is InChI=1S/C21H24ClN5O2S/c1-13-8-18-16(11-27(13)19-9-20(22)25-17-5-3-4-15(17)19)21(24-12-23-18)26-7-6-14(10-26)30(2,28)29/h3-4,9,12-14H,5-8,10-11H2,1-2H3/t13-,14-/m1/s1. The number of nitrogens with zero attached hydrogens (tertiary/aromatic N) is 5. The Morgan fingerprint density at radius 2 is 2.07 bits per heavy atom. The smallest absolute Gasteiger partial charge is 0.152 e. The van der Waals surface area contributed by atoms with Gasteiger partial charge in [-0.05, 0) is 19.4 Å². The van der Waals surface area contributed by atoms with E-state index in [4.69, 9.17) is 11.6 Å². The number of halogens is 1. The molecule has 2 aromatic heterocycles. The molecule has 0 aromatic carbocycles. The summed E-state index contributed by atoms with van der Waals surface area (Å²) in [6.07, 6.45) is 9.40. The largest absolute Gasteiger partial charge is 0.363 e. The van der Waals surface area contributed by atoms with Crippen LogP contribution in [0.3, 0.4) is 0 Å². The van der Waals surface area contributed by atoms with Gasteiger partial charge in [-0.25, -0.2) is 23.4 Å². The molecule has 9 heteroatoms. The lowest BCUT2D eigenvalue weighted by Gasteiger charge is -2.38. The van der Waals surface area contributed by atoms with E-state index in [2.05, 4.69) is 43.8 Å². The van der Waals surface area contributed by atoms with Gasteiger partial charge in [0, 0.05) is 61.6 Å². The molecular formula is C21H24ClN5O2S. The third kappa shape index (κ3) is 3.36. The first-order valence-corrected chi connectivity index (χ1v) is 12.5. The zero-order chi connectivity index (χ0) is 21.0. The summed E-state index contributed by atoms with van der Waals surface area (Å²) in [5.41, 5.74) is 5.34. The van der Waals surface area contributed by atoms with Crippen LogP contribution in [0.25, 0.3) is 6.08 Å². The second kappa shape index (κ2) is 7.20. The van der Waals surface area contributed by atoms with E-state index < -0.39 is 9.84 Å². The Hall–Kier alpha value is -2.19. The van der Waals surface area contributed by atoms with Crippen LogP contribution in [-0.2, 0) is 29.2 Å². The lowest BCUT2D eigenvalue weighted by atomic mass is 9.98. The van der Waals surface area contributed by atoms with E-state index in [0.717, 1.165) is 46.9 Å². The number of anilines is 2. The molecule has 0 bridgehead atoms. The number of hydrogen-bond donors (Lipinski definition) is 0. The van der Waals surface area contributed by atoms with Gasteiger partial charge in [0.05, 0.1) is 16.6 Å². The minimum absolute atomic E-state index is 0.249. The third-order valence-electron chi connectivity index (χ3n) is 6.40. The number of fused-ring (bicyclic) bond motifs is 2. The maximum atomic E-state index is 12.0. The molecule has 1 saturated heterocycles. The maximum Gasteiger partial charge on any atom is 0.152 e. The molecule has 30 heavy (non-hydrogen) atoms. The van der Waals surface area contributed by atoms with E-state index in [1.54, 1.807) is 6.33 Å². The van der Waals surface area contributed by atoms with Crippen LogP contribution in [0.4, 0.5) is 11.5 Å². The Labute approximate surface area is 181 Å². The van der Waals surface area contributed by atoms with Crippen molar-refractivity contribution in [2.75, 3.05) is 29.1 Å². The van der Waals surface area contributed by atoms with Gasteiger partial charge < -0.3 is 9.80 Å². The fraction of sp³-hybridized carbons (Fsp3) is 0.476. The number of hydrogen-bond acceptors (Lipinski definition) is 7. The highest BCUT2D eigenvalue weighted by Crippen LogP contribution is 2.38. The highest BCUT2D eigenvalue weighted by molar-refractivity contribution is 7.91. The van der Waals surface area contributed by atoms with Gasteiger partial charge in [-0.3, -0.25) is 0 Å². The molecule has 3 aliphatic rings. The second-order valence-electron chi connectivity index (χ2n) is 8.42. The van der Waals surface area contributed by atoms with Gasteiger partial charge in [0.25, 0.3) is 0 Å². The van der Waals surface area contributed by atoms with Crippen LogP contribution in [0.5, 0.6) is 0 Å². The van der Waals surface area contributed by atoms with Crippen molar-refractivity contribution in [3.8, 4) is 0 Å². The number of rotatable bonds is 3. The van der Waals surface area contributed by atoms with Gasteiger partial charge in [0.2, 0.25) is 0 Å². The molecule has 7 nitrogen and oxygen atoms in total. The molecule has 2 atom stereocenters. The molecule has 5 rings (SSSR count). The summed E-state index contributed by atoms with van der Waals surface area (Å²) in [6.45, 7) is 4.03. The summed E-state index contributed by atoms with van der Waals surface area (Å²) >= 11 is 6.33. The van der Waals surface area contributed by atoms with Crippen molar-refractivity contribution in [2.45, 2.75) is 44.0 Å². The first-order valence-electron chi connectivity index (χ1n) is 10.2. The predicted molar refractivity (Wildman–Crippen MR) is 119 cm³/mol. The summed E-state index contributed by atoms with van der Waals surface area (Å²) in [7, 11) is -3.06. The van der Waals surface area contributed by atoms with Gasteiger partial charge >= 0.3 is 0 Å². The summed E-state index contributed by atoms with van der Waals surface area (Å²) < 4.78 is 24.1. The van der Waals surface area contributed by atoms with Crippen molar-refractivity contribution < 1.29 is 8.42 Å². The fourth-order valence-corrected chi connectivity index (χ4v) is 5.97. The lowest BCUT2D eigenvalue weighted by Crippen LogP contribution is -2.40. The first kappa shape index (κ1) is 19.8. The molecule has 1 aliphatic carbocycles. The second-order valence-corrected chi connectivity index (χ2v) is 11.1. The normalized spacial score (nSPS) is 23.0. The number of pyridine rings is 1. The van der Waals surface area contributed by atoms with Crippen LogP contribution in [0, 0.1) is 0 Å². The fourth-order valence-electron chi connectivity index (χ4n) is 4.78. The van der Waals surface area contributed by atoms with E-state index in [1.807, 2.05) is 6.07 Å². The van der Waals surface area contributed by atoms with Gasteiger partial charge in [-0.15, -0.1) is 0 Å². The van der Waals surface area contributed by atoms with E-state index in [0.29, 0.717) is 31.2 Å². The van der Waals surface area contributed by atoms with Gasteiger partial charge in [0.1, 0.15) is 17.3 Å². The Balaban J connectivity index is 1.52.